The summed E-state index contributed by atoms with van der Waals surface area (Å²) in [6.45, 7) is 1.17. The van der Waals surface area contributed by atoms with E-state index in [1.807, 2.05) is 4.90 Å². The normalized spacial score (nSPS) is 18.5. The van der Waals surface area contributed by atoms with Gasteiger partial charge in [0.2, 0.25) is 15.9 Å². The molecule has 1 fully saturated rings. The molecule has 170 valence electrons. The lowest BCUT2D eigenvalue weighted by atomic mass is 10.0. The van der Waals surface area contributed by atoms with Crippen LogP contribution in [0.1, 0.15) is 23.6 Å². The number of sulfonamides is 1. The van der Waals surface area contributed by atoms with Crippen molar-refractivity contribution in [2.75, 3.05) is 38.6 Å². The molecule has 1 amide bonds. The molecule has 0 radical (unpaired) electrons. The monoisotopic (exact) mass is 477 g/mol. The average molecular weight is 478 g/mol. The Bertz CT molecular complexity index is 1150. The van der Waals surface area contributed by atoms with Crippen LogP contribution in [0.5, 0.6) is 0 Å². The number of carbonyl (C=O) groups excluding carboxylic acids is 2. The van der Waals surface area contributed by atoms with Crippen molar-refractivity contribution in [2.45, 2.75) is 23.8 Å². The molecule has 2 aliphatic rings. The Morgan fingerprint density at radius 3 is 2.50 bits per heavy atom. The number of hydrogen-bond acceptors (Lipinski definition) is 6. The van der Waals surface area contributed by atoms with Gasteiger partial charge in [0, 0.05) is 43.3 Å². The molecule has 4 rings (SSSR count). The number of fused-ring (bicyclic) bond motifs is 1. The maximum Gasteiger partial charge on any atom is 0.327 e. The third-order valence-electron chi connectivity index (χ3n) is 5.87. The van der Waals surface area contributed by atoms with E-state index in [2.05, 4.69) is 5.32 Å². The molecule has 1 unspecified atom stereocenters. The van der Waals surface area contributed by atoms with E-state index in [0.717, 1.165) is 5.56 Å². The van der Waals surface area contributed by atoms with Crippen LogP contribution in [-0.4, -0.2) is 62.8 Å². The number of piperazine rings is 1. The molecule has 10 heteroatoms. The van der Waals surface area contributed by atoms with Gasteiger partial charge in [-0.25, -0.2) is 13.2 Å². The number of carbonyl (C=O) groups is 2. The Balaban J connectivity index is 1.52. The minimum Gasteiger partial charge on any atom is -0.468 e. The van der Waals surface area contributed by atoms with Crippen LogP contribution >= 0.6 is 11.6 Å². The first-order valence-electron chi connectivity index (χ1n) is 10.3. The van der Waals surface area contributed by atoms with Gasteiger partial charge in [-0.1, -0.05) is 29.8 Å². The SMILES string of the molecule is COC(=O)C(c1ccccc1Cl)N1CCN(S(=O)(=O)c2ccc3c(c2)CCC(=O)N3)CC1. The van der Waals surface area contributed by atoms with Gasteiger partial charge >= 0.3 is 5.97 Å². The maximum atomic E-state index is 13.2. The number of rotatable bonds is 5. The standard InChI is InChI=1S/C22H24ClN3O5S/c1-31-22(28)21(17-4-2-3-5-18(17)23)25-10-12-26(13-11-25)32(29,30)16-7-8-19-15(14-16)6-9-20(27)24-19/h2-5,7-8,14,21H,6,9-13H2,1H3,(H,24,27). The molecule has 2 aromatic carbocycles. The average Bonchev–Trinajstić information content (AvgIpc) is 2.80. The summed E-state index contributed by atoms with van der Waals surface area (Å²) in [4.78, 5) is 26.2. The summed E-state index contributed by atoms with van der Waals surface area (Å²) in [6, 6.07) is 11.2. The zero-order valence-electron chi connectivity index (χ0n) is 17.6. The lowest BCUT2D eigenvalue weighted by Crippen LogP contribution is -2.51. The second-order valence-corrected chi connectivity index (χ2v) is 10.1. The summed E-state index contributed by atoms with van der Waals surface area (Å²) < 4.78 is 32.9. The third kappa shape index (κ3) is 4.38. The number of nitrogens with zero attached hydrogens (tertiary/aromatic N) is 2. The molecular formula is C22H24ClN3O5S. The van der Waals surface area contributed by atoms with Gasteiger partial charge in [-0.2, -0.15) is 4.31 Å². The van der Waals surface area contributed by atoms with Gasteiger partial charge in [0.1, 0.15) is 6.04 Å². The van der Waals surface area contributed by atoms with Crippen LogP contribution in [0, 0.1) is 0 Å². The highest BCUT2D eigenvalue weighted by Crippen LogP contribution is 2.31. The summed E-state index contributed by atoms with van der Waals surface area (Å²) in [5, 5.41) is 3.22. The van der Waals surface area contributed by atoms with Gasteiger partial charge in [0.25, 0.3) is 0 Å². The van der Waals surface area contributed by atoms with Gasteiger partial charge in [0.05, 0.1) is 12.0 Å². The molecule has 1 atom stereocenters. The van der Waals surface area contributed by atoms with Crippen molar-refractivity contribution < 1.29 is 22.7 Å². The minimum atomic E-state index is -3.71. The van der Waals surface area contributed by atoms with Crippen LogP contribution in [0.4, 0.5) is 5.69 Å². The van der Waals surface area contributed by atoms with Crippen molar-refractivity contribution in [3.63, 3.8) is 0 Å². The van der Waals surface area contributed by atoms with Crippen molar-refractivity contribution in [1.29, 1.82) is 0 Å². The first-order valence-corrected chi connectivity index (χ1v) is 12.1. The van der Waals surface area contributed by atoms with E-state index in [9.17, 15) is 18.0 Å². The number of ether oxygens (including phenoxy) is 1. The number of aryl methyl sites for hydroxylation is 1. The van der Waals surface area contributed by atoms with E-state index in [4.69, 9.17) is 16.3 Å². The number of halogens is 1. The molecule has 0 bridgehead atoms. The van der Waals surface area contributed by atoms with E-state index in [1.165, 1.54) is 17.5 Å². The summed E-state index contributed by atoms with van der Waals surface area (Å²) >= 11 is 6.32. The third-order valence-corrected chi connectivity index (χ3v) is 8.11. The first-order chi connectivity index (χ1) is 15.3. The molecule has 2 aromatic rings. The predicted molar refractivity (Wildman–Crippen MR) is 120 cm³/mol. The van der Waals surface area contributed by atoms with Crippen LogP contribution < -0.4 is 5.32 Å². The number of benzene rings is 2. The number of methoxy groups -OCH3 is 1. The lowest BCUT2D eigenvalue weighted by molar-refractivity contribution is -0.147. The Morgan fingerprint density at radius 2 is 1.81 bits per heavy atom. The largest absolute Gasteiger partial charge is 0.468 e. The number of hydrogen-bond donors (Lipinski definition) is 1. The van der Waals surface area contributed by atoms with Crippen LogP contribution in [-0.2, 0) is 30.8 Å². The molecular weight excluding hydrogens is 454 g/mol. The zero-order chi connectivity index (χ0) is 22.9. The van der Waals surface area contributed by atoms with Crippen molar-refractivity contribution >= 4 is 39.2 Å². The number of amides is 1. The van der Waals surface area contributed by atoms with Crippen molar-refractivity contribution in [1.82, 2.24) is 9.21 Å². The van der Waals surface area contributed by atoms with Crippen molar-refractivity contribution in [3.05, 3.63) is 58.6 Å². The number of anilines is 1. The van der Waals surface area contributed by atoms with E-state index in [1.54, 1.807) is 36.4 Å². The van der Waals surface area contributed by atoms with Crippen molar-refractivity contribution in [3.8, 4) is 0 Å². The smallest absolute Gasteiger partial charge is 0.327 e. The van der Waals surface area contributed by atoms with Gasteiger partial charge in [-0.15, -0.1) is 0 Å². The maximum absolute atomic E-state index is 13.2. The summed E-state index contributed by atoms with van der Waals surface area (Å²) in [6.07, 6.45) is 0.850. The summed E-state index contributed by atoms with van der Waals surface area (Å²) in [5.41, 5.74) is 2.11. The molecule has 0 aromatic heterocycles. The van der Waals surface area contributed by atoms with E-state index in [0.29, 0.717) is 42.2 Å². The van der Waals surface area contributed by atoms with Gasteiger partial charge < -0.3 is 10.1 Å². The van der Waals surface area contributed by atoms with Crippen LogP contribution in [0.3, 0.4) is 0 Å². The highest BCUT2D eigenvalue weighted by atomic mass is 35.5. The molecule has 0 spiro atoms. The van der Waals surface area contributed by atoms with Gasteiger partial charge in [0.15, 0.2) is 0 Å². The topological polar surface area (TPSA) is 96.0 Å². The van der Waals surface area contributed by atoms with E-state index < -0.39 is 22.0 Å². The van der Waals surface area contributed by atoms with E-state index >= 15 is 0 Å². The second kappa shape index (κ2) is 9.19. The predicted octanol–water partition coefficient (Wildman–Crippen LogP) is 2.45. The quantitative estimate of drug-likeness (QED) is 0.664. The molecule has 8 nitrogen and oxygen atoms in total. The molecule has 1 N–H and O–H groups in total. The molecule has 32 heavy (non-hydrogen) atoms. The molecule has 1 saturated heterocycles. The highest BCUT2D eigenvalue weighted by molar-refractivity contribution is 7.89. The fraction of sp³-hybridized carbons (Fsp3) is 0.364. The summed E-state index contributed by atoms with van der Waals surface area (Å²) in [5.74, 6) is -0.506. The number of nitrogens with one attached hydrogen (secondary N) is 1. The molecule has 2 heterocycles. The zero-order valence-corrected chi connectivity index (χ0v) is 19.2. The first kappa shape index (κ1) is 22.7. The van der Waals surface area contributed by atoms with Gasteiger partial charge in [-0.3, -0.25) is 9.69 Å². The van der Waals surface area contributed by atoms with Crippen molar-refractivity contribution in [2.24, 2.45) is 0 Å². The molecule has 2 aliphatic heterocycles. The molecule has 0 saturated carbocycles. The van der Waals surface area contributed by atoms with Crippen LogP contribution in [0.25, 0.3) is 0 Å². The highest BCUT2D eigenvalue weighted by Gasteiger charge is 2.36. The van der Waals surface area contributed by atoms with E-state index in [-0.39, 0.29) is 23.9 Å². The fourth-order valence-corrected chi connectivity index (χ4v) is 5.87. The Morgan fingerprint density at radius 1 is 1.09 bits per heavy atom. The number of esters is 1. The fourth-order valence-electron chi connectivity index (χ4n) is 4.15. The second-order valence-electron chi connectivity index (χ2n) is 7.75. The van der Waals surface area contributed by atoms with Crippen LogP contribution in [0.2, 0.25) is 5.02 Å². The lowest BCUT2D eigenvalue weighted by Gasteiger charge is -2.37. The Kier molecular flexibility index (Phi) is 6.52. The Labute approximate surface area is 192 Å². The Hall–Kier alpha value is -2.46. The van der Waals surface area contributed by atoms with Gasteiger partial charge in [-0.05, 0) is 41.8 Å². The minimum absolute atomic E-state index is 0.0668. The summed E-state index contributed by atoms with van der Waals surface area (Å²) in [7, 11) is -2.38. The molecule has 0 aliphatic carbocycles. The van der Waals surface area contributed by atoms with Crippen LogP contribution in [0.15, 0.2) is 47.4 Å².